The molecule has 0 unspecified atom stereocenters. The zero-order valence-corrected chi connectivity index (χ0v) is 19.5. The molecule has 0 amide bonds. The van der Waals surface area contributed by atoms with Gasteiger partial charge in [-0.25, -0.2) is 18.3 Å². The number of aromatic nitrogens is 3. The number of hydrogen-bond acceptors (Lipinski definition) is 6. The van der Waals surface area contributed by atoms with E-state index in [1.165, 1.54) is 14.6 Å². The highest BCUT2D eigenvalue weighted by atomic mass is 35.5. The van der Waals surface area contributed by atoms with Crippen LogP contribution in [0.3, 0.4) is 0 Å². The molecule has 4 rings (SSSR count). The van der Waals surface area contributed by atoms with Crippen LogP contribution in [0.15, 0.2) is 58.1 Å². The van der Waals surface area contributed by atoms with Gasteiger partial charge in [0.2, 0.25) is 0 Å². The van der Waals surface area contributed by atoms with Gasteiger partial charge in [-0.05, 0) is 30.8 Å². The highest BCUT2D eigenvalue weighted by Gasteiger charge is 2.14. The van der Waals surface area contributed by atoms with Crippen molar-refractivity contribution in [2.24, 2.45) is 0 Å². The molecule has 0 aliphatic carbocycles. The summed E-state index contributed by atoms with van der Waals surface area (Å²) in [6.45, 7) is 1.65. The summed E-state index contributed by atoms with van der Waals surface area (Å²) in [4.78, 5) is 31.2. The highest BCUT2D eigenvalue weighted by Crippen LogP contribution is 2.36. The summed E-state index contributed by atoms with van der Waals surface area (Å²) in [7, 11) is 1.89. The molecule has 0 aliphatic heterocycles. The number of hydrogen-bond donors (Lipinski definition) is 1. The number of rotatable bonds is 7. The Hall–Kier alpha value is -2.65. The Bertz CT molecular complexity index is 1380. The van der Waals surface area contributed by atoms with Gasteiger partial charge in [0, 0.05) is 30.0 Å². The molecular formula is C22H20Cl2N4O3S. The maximum absolute atomic E-state index is 12.7. The second-order valence-corrected chi connectivity index (χ2v) is 9.23. The number of likely N-dealkylation sites (N-methyl/N-ethyl adjacent to an activating group) is 1. The normalized spacial score (nSPS) is 11.5. The number of fused-ring (bicyclic) bond motifs is 1. The van der Waals surface area contributed by atoms with Crippen LogP contribution in [0.1, 0.15) is 11.3 Å². The quantitative estimate of drug-likeness (QED) is 0.425. The van der Waals surface area contributed by atoms with Gasteiger partial charge < -0.3 is 5.11 Å². The maximum Gasteiger partial charge on any atom is 0.341 e. The number of phenols is 1. The molecule has 0 bridgehead atoms. The molecule has 7 nitrogen and oxygen atoms in total. The van der Waals surface area contributed by atoms with Crippen LogP contribution < -0.4 is 10.6 Å². The van der Waals surface area contributed by atoms with Crippen molar-refractivity contribution >= 4 is 45.6 Å². The molecule has 2 heterocycles. The molecule has 0 saturated carbocycles. The first-order valence-corrected chi connectivity index (χ1v) is 11.4. The van der Waals surface area contributed by atoms with Crippen molar-refractivity contribution in [3.8, 4) is 5.75 Å². The summed E-state index contributed by atoms with van der Waals surface area (Å²) in [5, 5.41) is 11.4. The minimum atomic E-state index is -0.310. The van der Waals surface area contributed by atoms with Crippen LogP contribution in [0.2, 0.25) is 10.0 Å². The summed E-state index contributed by atoms with van der Waals surface area (Å²) in [6.07, 6.45) is 0. The molecule has 0 spiro atoms. The van der Waals surface area contributed by atoms with E-state index in [1.807, 2.05) is 48.3 Å². The number of benzene rings is 2. The third-order valence-electron chi connectivity index (χ3n) is 5.07. The minimum Gasteiger partial charge on any atom is -0.504 e. The van der Waals surface area contributed by atoms with Gasteiger partial charge in [-0.15, -0.1) is 0 Å². The number of pyridine rings is 1. The van der Waals surface area contributed by atoms with Crippen molar-refractivity contribution in [1.29, 1.82) is 0 Å². The SMILES string of the molecule is CN(CCn1sc(=O)n(Cc2ccccc2)c1=O)Cc1ccc2c(Cl)cc(Cl)c(O)c2n1. The van der Waals surface area contributed by atoms with E-state index in [-0.39, 0.29) is 27.9 Å². The van der Waals surface area contributed by atoms with E-state index in [0.717, 1.165) is 22.8 Å². The van der Waals surface area contributed by atoms with E-state index in [4.69, 9.17) is 23.2 Å². The lowest BCUT2D eigenvalue weighted by Crippen LogP contribution is -2.31. The molecule has 32 heavy (non-hydrogen) atoms. The van der Waals surface area contributed by atoms with Gasteiger partial charge in [0.05, 0.1) is 28.8 Å². The summed E-state index contributed by atoms with van der Waals surface area (Å²) >= 11 is 13.1. The number of nitrogens with zero attached hydrogens (tertiary/aromatic N) is 4. The lowest BCUT2D eigenvalue weighted by atomic mass is 10.2. The topological polar surface area (TPSA) is 80.4 Å². The molecule has 4 aromatic rings. The summed E-state index contributed by atoms with van der Waals surface area (Å²) in [6, 6.07) is 14.5. The largest absolute Gasteiger partial charge is 0.504 e. The highest BCUT2D eigenvalue weighted by molar-refractivity contribution is 7.03. The van der Waals surface area contributed by atoms with Crippen molar-refractivity contribution in [2.75, 3.05) is 13.6 Å². The fourth-order valence-corrected chi connectivity index (χ4v) is 4.68. The van der Waals surface area contributed by atoms with Crippen molar-refractivity contribution in [1.82, 2.24) is 18.4 Å². The average Bonchev–Trinajstić information content (AvgIpc) is 3.04. The molecule has 2 aromatic heterocycles. The third kappa shape index (κ3) is 4.73. The molecule has 10 heteroatoms. The molecule has 0 atom stereocenters. The minimum absolute atomic E-state index is 0.105. The molecule has 1 N–H and O–H groups in total. The average molecular weight is 491 g/mol. The third-order valence-corrected chi connectivity index (χ3v) is 6.60. The van der Waals surface area contributed by atoms with Gasteiger partial charge in [-0.3, -0.25) is 9.69 Å². The Morgan fingerprint density at radius 2 is 1.84 bits per heavy atom. The molecule has 0 aliphatic rings. The lowest BCUT2D eigenvalue weighted by Gasteiger charge is -2.16. The van der Waals surface area contributed by atoms with E-state index in [9.17, 15) is 14.7 Å². The Labute approximate surface area is 197 Å². The van der Waals surface area contributed by atoms with Crippen LogP contribution in [0.25, 0.3) is 10.9 Å². The number of phenolic OH excluding ortho intramolecular Hbond substituents is 1. The van der Waals surface area contributed by atoms with Gasteiger partial charge in [-0.1, -0.05) is 53.5 Å². The number of aromatic hydroxyl groups is 1. The van der Waals surface area contributed by atoms with Crippen molar-refractivity contribution < 1.29 is 5.11 Å². The van der Waals surface area contributed by atoms with Crippen molar-refractivity contribution in [3.05, 3.63) is 90.0 Å². The van der Waals surface area contributed by atoms with E-state index >= 15 is 0 Å². The molecule has 0 fully saturated rings. The Morgan fingerprint density at radius 1 is 1.09 bits per heavy atom. The smallest absolute Gasteiger partial charge is 0.341 e. The first-order valence-electron chi connectivity index (χ1n) is 9.83. The summed E-state index contributed by atoms with van der Waals surface area (Å²) in [5.41, 5.74) is 1.66. The van der Waals surface area contributed by atoms with Gasteiger partial charge in [0.1, 0.15) is 5.52 Å². The standard InChI is InChI=1S/C22H20Cl2N4O3S/c1-26(13-15-7-8-16-17(23)11-18(24)20(29)19(16)25-15)9-10-28-21(30)27(22(31)32-28)12-14-5-3-2-4-6-14/h2-8,11,29H,9-10,12-13H2,1H3. The van der Waals surface area contributed by atoms with Gasteiger partial charge in [0.15, 0.2) is 5.75 Å². The molecular weight excluding hydrogens is 471 g/mol. The lowest BCUT2D eigenvalue weighted by molar-refractivity contribution is 0.310. The van der Waals surface area contributed by atoms with Gasteiger partial charge >= 0.3 is 10.6 Å². The predicted molar refractivity (Wildman–Crippen MR) is 128 cm³/mol. The van der Waals surface area contributed by atoms with Crippen LogP contribution in [0, 0.1) is 0 Å². The zero-order valence-electron chi connectivity index (χ0n) is 17.2. The van der Waals surface area contributed by atoms with E-state index in [1.54, 1.807) is 6.07 Å². The second-order valence-electron chi connectivity index (χ2n) is 7.44. The van der Waals surface area contributed by atoms with E-state index in [0.29, 0.717) is 35.6 Å². The molecule has 0 radical (unpaired) electrons. The molecule has 2 aromatic carbocycles. The monoisotopic (exact) mass is 490 g/mol. The summed E-state index contributed by atoms with van der Waals surface area (Å²) < 4.78 is 2.72. The fraction of sp³-hybridized carbons (Fsp3) is 0.227. The molecule has 0 saturated heterocycles. The predicted octanol–water partition coefficient (Wildman–Crippen LogP) is 3.81. The number of halogens is 2. The fourth-order valence-electron chi connectivity index (χ4n) is 3.38. The first-order chi connectivity index (χ1) is 15.3. The maximum atomic E-state index is 12.7. The van der Waals surface area contributed by atoms with Gasteiger partial charge in [0.25, 0.3) is 0 Å². The van der Waals surface area contributed by atoms with Gasteiger partial charge in [-0.2, -0.15) is 0 Å². The Morgan fingerprint density at radius 3 is 2.59 bits per heavy atom. The van der Waals surface area contributed by atoms with E-state index < -0.39 is 0 Å². The van der Waals surface area contributed by atoms with Crippen LogP contribution in [0.5, 0.6) is 5.75 Å². The summed E-state index contributed by atoms with van der Waals surface area (Å²) in [5.74, 6) is -0.105. The first kappa shape index (κ1) is 22.5. The van der Waals surface area contributed by atoms with Crippen molar-refractivity contribution in [3.63, 3.8) is 0 Å². The second kappa shape index (κ2) is 9.46. The zero-order chi connectivity index (χ0) is 22.8. The van der Waals surface area contributed by atoms with Crippen LogP contribution in [-0.2, 0) is 19.6 Å². The van der Waals surface area contributed by atoms with Crippen LogP contribution in [-0.4, -0.2) is 37.1 Å². The van der Waals surface area contributed by atoms with Crippen molar-refractivity contribution in [2.45, 2.75) is 19.6 Å². The van der Waals surface area contributed by atoms with Crippen LogP contribution >= 0.6 is 34.7 Å². The Kier molecular flexibility index (Phi) is 6.66. The molecule has 166 valence electrons. The van der Waals surface area contributed by atoms with Crippen LogP contribution in [0.4, 0.5) is 0 Å². The van der Waals surface area contributed by atoms with E-state index in [2.05, 4.69) is 4.98 Å². The Balaban J connectivity index is 1.45.